The van der Waals surface area contributed by atoms with Crippen molar-refractivity contribution in [1.82, 2.24) is 10.2 Å². The molecule has 0 aromatic heterocycles. The first-order valence-electron chi connectivity index (χ1n) is 11.0. The number of hydrogen-bond donors (Lipinski definition) is 1. The van der Waals surface area contributed by atoms with E-state index in [9.17, 15) is 4.79 Å². The van der Waals surface area contributed by atoms with Crippen LogP contribution in [-0.4, -0.2) is 43.1 Å². The van der Waals surface area contributed by atoms with Gasteiger partial charge in [0.1, 0.15) is 5.75 Å². The Hall–Kier alpha value is -2.04. The second-order valence-electron chi connectivity index (χ2n) is 8.24. The highest BCUT2D eigenvalue weighted by atomic mass is 35.5. The number of carbonyl (C=O) groups excluding carboxylic acids is 1. The van der Waals surface area contributed by atoms with Crippen LogP contribution in [0.3, 0.4) is 0 Å². The summed E-state index contributed by atoms with van der Waals surface area (Å²) in [5, 5.41) is 3.72. The first-order chi connectivity index (χ1) is 14.5. The standard InChI is InChI=1S/C25H33ClN2O2/c1-19(2)28-14-10-21-8-9-24(18-22(21)11-15-28)30-16-12-25(29)27-13-4-6-20-5-3-7-23(26)17-20/h3,5,7-9,17-19H,4,6,10-16H2,1-2H3,(H,27,29). The molecule has 0 fully saturated rings. The van der Waals surface area contributed by atoms with Crippen LogP contribution < -0.4 is 10.1 Å². The van der Waals surface area contributed by atoms with Crippen molar-refractivity contribution >= 4 is 17.5 Å². The van der Waals surface area contributed by atoms with Gasteiger partial charge in [-0.2, -0.15) is 0 Å². The molecule has 0 saturated heterocycles. The Kier molecular flexibility index (Phi) is 8.59. The van der Waals surface area contributed by atoms with E-state index < -0.39 is 0 Å². The quantitative estimate of drug-likeness (QED) is 0.590. The second-order valence-corrected chi connectivity index (χ2v) is 8.68. The van der Waals surface area contributed by atoms with Crippen molar-refractivity contribution in [3.8, 4) is 5.75 Å². The maximum absolute atomic E-state index is 12.1. The van der Waals surface area contributed by atoms with Crippen molar-refractivity contribution in [1.29, 1.82) is 0 Å². The first-order valence-corrected chi connectivity index (χ1v) is 11.4. The highest BCUT2D eigenvalue weighted by Gasteiger charge is 2.16. The van der Waals surface area contributed by atoms with Gasteiger partial charge in [0.05, 0.1) is 13.0 Å². The summed E-state index contributed by atoms with van der Waals surface area (Å²) in [6.45, 7) is 7.78. The number of aryl methyl sites for hydroxylation is 1. The fourth-order valence-electron chi connectivity index (χ4n) is 3.89. The zero-order chi connectivity index (χ0) is 21.3. The SMILES string of the molecule is CC(C)N1CCc2ccc(OCCC(=O)NCCCc3cccc(Cl)c3)cc2CC1. The van der Waals surface area contributed by atoms with Crippen LogP contribution in [0, 0.1) is 0 Å². The minimum Gasteiger partial charge on any atom is -0.493 e. The average Bonchev–Trinajstić information content (AvgIpc) is 2.94. The number of rotatable bonds is 9. The molecule has 0 atom stereocenters. The van der Waals surface area contributed by atoms with Gasteiger partial charge >= 0.3 is 0 Å². The predicted octanol–water partition coefficient (Wildman–Crippen LogP) is 4.67. The van der Waals surface area contributed by atoms with Gasteiger partial charge in [-0.15, -0.1) is 0 Å². The third kappa shape index (κ3) is 7.03. The summed E-state index contributed by atoms with van der Waals surface area (Å²) in [7, 11) is 0. The Labute approximate surface area is 185 Å². The molecule has 0 aliphatic carbocycles. The minimum atomic E-state index is 0.0310. The van der Waals surface area contributed by atoms with Gasteiger partial charge in [-0.05, 0) is 80.5 Å². The molecule has 4 nitrogen and oxygen atoms in total. The minimum absolute atomic E-state index is 0.0310. The lowest BCUT2D eigenvalue weighted by atomic mass is 10.0. The number of nitrogens with one attached hydrogen (secondary N) is 1. The van der Waals surface area contributed by atoms with E-state index in [1.165, 1.54) is 16.7 Å². The molecule has 30 heavy (non-hydrogen) atoms. The molecule has 3 rings (SSSR count). The van der Waals surface area contributed by atoms with E-state index >= 15 is 0 Å². The average molecular weight is 429 g/mol. The molecule has 0 unspecified atom stereocenters. The molecule has 2 aromatic carbocycles. The molecular formula is C25H33ClN2O2. The maximum Gasteiger partial charge on any atom is 0.223 e. The van der Waals surface area contributed by atoms with Gasteiger partial charge in [0, 0.05) is 30.7 Å². The number of amides is 1. The second kappa shape index (κ2) is 11.4. The Morgan fingerprint density at radius 2 is 1.93 bits per heavy atom. The van der Waals surface area contributed by atoms with Crippen LogP contribution in [0.5, 0.6) is 5.75 Å². The lowest BCUT2D eigenvalue weighted by molar-refractivity contribution is -0.121. The zero-order valence-corrected chi connectivity index (χ0v) is 18.9. The molecule has 0 radical (unpaired) electrons. The Bertz CT molecular complexity index is 838. The largest absolute Gasteiger partial charge is 0.493 e. The highest BCUT2D eigenvalue weighted by molar-refractivity contribution is 6.30. The van der Waals surface area contributed by atoms with E-state index in [0.717, 1.165) is 49.5 Å². The molecule has 1 aliphatic heterocycles. The van der Waals surface area contributed by atoms with Crippen LogP contribution in [0.15, 0.2) is 42.5 Å². The van der Waals surface area contributed by atoms with Gasteiger partial charge in [-0.1, -0.05) is 29.8 Å². The van der Waals surface area contributed by atoms with E-state index in [1.807, 2.05) is 24.3 Å². The van der Waals surface area contributed by atoms with Crippen LogP contribution in [0.1, 0.15) is 43.4 Å². The Morgan fingerprint density at radius 1 is 1.13 bits per heavy atom. The molecule has 162 valence electrons. The van der Waals surface area contributed by atoms with Crippen molar-refractivity contribution in [2.24, 2.45) is 0 Å². The summed E-state index contributed by atoms with van der Waals surface area (Å²) >= 11 is 6.00. The van der Waals surface area contributed by atoms with Gasteiger partial charge in [0.15, 0.2) is 0 Å². The van der Waals surface area contributed by atoms with Crippen molar-refractivity contribution < 1.29 is 9.53 Å². The molecular weight excluding hydrogens is 396 g/mol. The highest BCUT2D eigenvalue weighted by Crippen LogP contribution is 2.22. The Morgan fingerprint density at radius 3 is 2.70 bits per heavy atom. The molecule has 0 spiro atoms. The lowest BCUT2D eigenvalue weighted by Crippen LogP contribution is -2.32. The van der Waals surface area contributed by atoms with E-state index in [2.05, 4.69) is 42.3 Å². The molecule has 1 heterocycles. The van der Waals surface area contributed by atoms with Crippen LogP contribution in [0.25, 0.3) is 0 Å². The van der Waals surface area contributed by atoms with Gasteiger partial charge in [-0.25, -0.2) is 0 Å². The summed E-state index contributed by atoms with van der Waals surface area (Å²) in [4.78, 5) is 14.6. The zero-order valence-electron chi connectivity index (χ0n) is 18.1. The molecule has 0 saturated carbocycles. The first kappa shape index (κ1) is 22.6. The van der Waals surface area contributed by atoms with Crippen molar-refractivity contribution in [3.63, 3.8) is 0 Å². The molecule has 1 aliphatic rings. The van der Waals surface area contributed by atoms with E-state index in [0.29, 0.717) is 25.6 Å². The van der Waals surface area contributed by atoms with E-state index in [-0.39, 0.29) is 5.91 Å². The number of halogens is 1. The normalized spacial score (nSPS) is 14.3. The monoisotopic (exact) mass is 428 g/mol. The number of ether oxygens (including phenoxy) is 1. The van der Waals surface area contributed by atoms with Crippen LogP contribution in [0.4, 0.5) is 0 Å². The Balaban J connectivity index is 1.35. The lowest BCUT2D eigenvalue weighted by Gasteiger charge is -2.23. The fraction of sp³-hybridized carbons (Fsp3) is 0.480. The van der Waals surface area contributed by atoms with Crippen molar-refractivity contribution in [2.75, 3.05) is 26.2 Å². The van der Waals surface area contributed by atoms with Crippen molar-refractivity contribution in [3.05, 3.63) is 64.2 Å². The van der Waals surface area contributed by atoms with Crippen LogP contribution in [0.2, 0.25) is 5.02 Å². The number of nitrogens with zero attached hydrogens (tertiary/aromatic N) is 1. The number of fused-ring (bicyclic) bond motifs is 1. The molecule has 0 bridgehead atoms. The predicted molar refractivity (Wildman–Crippen MR) is 123 cm³/mol. The smallest absolute Gasteiger partial charge is 0.223 e. The van der Waals surface area contributed by atoms with E-state index in [4.69, 9.17) is 16.3 Å². The summed E-state index contributed by atoms with van der Waals surface area (Å²) in [6, 6.07) is 14.8. The van der Waals surface area contributed by atoms with Gasteiger partial charge < -0.3 is 15.0 Å². The van der Waals surface area contributed by atoms with Gasteiger partial charge in [-0.3, -0.25) is 4.79 Å². The summed E-state index contributed by atoms with van der Waals surface area (Å²) in [6.07, 6.45) is 4.31. The summed E-state index contributed by atoms with van der Waals surface area (Å²) in [5.41, 5.74) is 3.99. The third-order valence-corrected chi connectivity index (χ3v) is 5.93. The van der Waals surface area contributed by atoms with E-state index in [1.54, 1.807) is 0 Å². The van der Waals surface area contributed by atoms with Crippen LogP contribution >= 0.6 is 11.6 Å². The van der Waals surface area contributed by atoms with Gasteiger partial charge in [0.2, 0.25) is 5.91 Å². The molecule has 2 aromatic rings. The summed E-state index contributed by atoms with van der Waals surface area (Å²) in [5.74, 6) is 0.893. The van der Waals surface area contributed by atoms with Crippen LogP contribution in [-0.2, 0) is 24.1 Å². The fourth-order valence-corrected chi connectivity index (χ4v) is 4.10. The van der Waals surface area contributed by atoms with Gasteiger partial charge in [0.25, 0.3) is 0 Å². The third-order valence-electron chi connectivity index (χ3n) is 5.70. The molecule has 5 heteroatoms. The topological polar surface area (TPSA) is 41.6 Å². The molecule has 1 N–H and O–H groups in total. The number of carbonyl (C=O) groups is 1. The summed E-state index contributed by atoms with van der Waals surface area (Å²) < 4.78 is 5.86. The maximum atomic E-state index is 12.1. The number of benzene rings is 2. The molecule has 1 amide bonds. The number of hydrogen-bond acceptors (Lipinski definition) is 3. The van der Waals surface area contributed by atoms with Crippen molar-refractivity contribution in [2.45, 2.75) is 52.0 Å².